The molecule has 0 unspecified atom stereocenters. The van der Waals surface area contributed by atoms with E-state index in [1.807, 2.05) is 0 Å². The van der Waals surface area contributed by atoms with Crippen LogP contribution in [0.2, 0.25) is 0 Å². The second-order valence-electron chi connectivity index (χ2n) is 3.25. The summed E-state index contributed by atoms with van der Waals surface area (Å²) in [6.45, 7) is -1.80. The third-order valence-electron chi connectivity index (χ3n) is 1.67. The van der Waals surface area contributed by atoms with Crippen molar-refractivity contribution in [2.75, 3.05) is 11.9 Å². The van der Waals surface area contributed by atoms with Crippen molar-refractivity contribution in [3.05, 3.63) is 24.0 Å². The molecule has 0 saturated carbocycles. The molecule has 19 heavy (non-hydrogen) atoms. The summed E-state index contributed by atoms with van der Waals surface area (Å²) in [5.74, 6) is 0. The van der Waals surface area contributed by atoms with Crippen molar-refractivity contribution in [2.45, 2.75) is 12.4 Å². The molecule has 0 aliphatic carbocycles. The SMILES string of the molecule is O=C(Nc1ccc(C(F)(F)F)nc1)OCC(F)(F)F. The summed E-state index contributed by atoms with van der Waals surface area (Å²) in [5, 5.41) is 1.80. The van der Waals surface area contributed by atoms with E-state index >= 15 is 0 Å². The van der Waals surface area contributed by atoms with E-state index in [0.717, 1.165) is 6.07 Å². The molecule has 0 bridgehead atoms. The largest absolute Gasteiger partial charge is 0.440 e. The Bertz CT molecular complexity index is 440. The van der Waals surface area contributed by atoms with Crippen LogP contribution in [-0.2, 0) is 10.9 Å². The summed E-state index contributed by atoms with van der Waals surface area (Å²) in [6.07, 6.45) is -10.1. The number of ether oxygens (including phenoxy) is 1. The second kappa shape index (κ2) is 5.33. The molecule has 0 fully saturated rings. The Morgan fingerprint density at radius 3 is 2.26 bits per heavy atom. The van der Waals surface area contributed by atoms with Gasteiger partial charge in [0.05, 0.1) is 11.9 Å². The van der Waals surface area contributed by atoms with Gasteiger partial charge in [0.25, 0.3) is 0 Å². The lowest BCUT2D eigenvalue weighted by Gasteiger charge is -2.09. The molecule has 0 aliphatic heterocycles. The van der Waals surface area contributed by atoms with Gasteiger partial charge in [-0.3, -0.25) is 5.32 Å². The molecule has 10 heteroatoms. The van der Waals surface area contributed by atoms with Crippen LogP contribution in [0.25, 0.3) is 0 Å². The maximum atomic E-state index is 12.1. The monoisotopic (exact) mass is 288 g/mol. The van der Waals surface area contributed by atoms with Crippen LogP contribution < -0.4 is 5.32 Å². The van der Waals surface area contributed by atoms with Gasteiger partial charge in [-0.15, -0.1) is 0 Å². The number of nitrogens with zero attached hydrogens (tertiary/aromatic N) is 1. The maximum absolute atomic E-state index is 12.1. The molecule has 1 N–H and O–H groups in total. The fraction of sp³-hybridized carbons (Fsp3) is 0.333. The van der Waals surface area contributed by atoms with E-state index in [4.69, 9.17) is 0 Å². The van der Waals surface area contributed by atoms with Crippen LogP contribution >= 0.6 is 0 Å². The van der Waals surface area contributed by atoms with Gasteiger partial charge in [-0.05, 0) is 12.1 Å². The topological polar surface area (TPSA) is 51.2 Å². The third-order valence-corrected chi connectivity index (χ3v) is 1.67. The minimum atomic E-state index is -4.68. The highest BCUT2D eigenvalue weighted by atomic mass is 19.4. The zero-order valence-electron chi connectivity index (χ0n) is 8.97. The predicted octanol–water partition coefficient (Wildman–Crippen LogP) is 3.21. The third kappa shape index (κ3) is 5.44. The molecule has 106 valence electrons. The molecule has 0 aliphatic rings. The van der Waals surface area contributed by atoms with E-state index in [1.54, 1.807) is 5.32 Å². The van der Waals surface area contributed by atoms with Crippen LogP contribution in [0.5, 0.6) is 0 Å². The lowest BCUT2D eigenvalue weighted by Crippen LogP contribution is -2.23. The fourth-order valence-electron chi connectivity index (χ4n) is 0.937. The summed E-state index contributed by atoms with van der Waals surface area (Å²) in [6, 6.07) is 1.41. The van der Waals surface area contributed by atoms with E-state index in [1.165, 1.54) is 0 Å². The van der Waals surface area contributed by atoms with E-state index in [-0.39, 0.29) is 5.69 Å². The second-order valence-corrected chi connectivity index (χ2v) is 3.25. The van der Waals surface area contributed by atoms with Crippen LogP contribution in [0.4, 0.5) is 36.8 Å². The lowest BCUT2D eigenvalue weighted by molar-refractivity contribution is -0.159. The van der Waals surface area contributed by atoms with Gasteiger partial charge in [0.15, 0.2) is 6.61 Å². The molecule has 1 rings (SSSR count). The Morgan fingerprint density at radius 1 is 1.21 bits per heavy atom. The minimum absolute atomic E-state index is 0.222. The number of nitrogens with one attached hydrogen (secondary N) is 1. The normalized spacial score (nSPS) is 12.1. The number of carbonyl (C=O) groups is 1. The van der Waals surface area contributed by atoms with E-state index in [0.29, 0.717) is 12.3 Å². The van der Waals surface area contributed by atoms with Crippen LogP contribution in [0.3, 0.4) is 0 Å². The summed E-state index contributed by atoms with van der Waals surface area (Å²) in [7, 11) is 0. The highest BCUT2D eigenvalue weighted by Gasteiger charge is 2.32. The molecule has 1 heterocycles. The number of carbonyl (C=O) groups excluding carboxylic acids is 1. The van der Waals surface area contributed by atoms with E-state index in [2.05, 4.69) is 9.72 Å². The lowest BCUT2D eigenvalue weighted by atomic mass is 10.3. The first-order valence-corrected chi connectivity index (χ1v) is 4.62. The number of aromatic nitrogens is 1. The molecule has 0 aromatic carbocycles. The van der Waals surface area contributed by atoms with Crippen molar-refractivity contribution in [3.8, 4) is 0 Å². The molecule has 1 amide bonds. The van der Waals surface area contributed by atoms with Gasteiger partial charge in [-0.25, -0.2) is 9.78 Å². The van der Waals surface area contributed by atoms with Gasteiger partial charge in [0.2, 0.25) is 0 Å². The Hall–Kier alpha value is -2.00. The first-order chi connectivity index (χ1) is 8.58. The maximum Gasteiger partial charge on any atom is 0.433 e. The summed E-state index contributed by atoms with van der Waals surface area (Å²) in [5.41, 5.74) is -1.41. The molecule has 0 saturated heterocycles. The van der Waals surface area contributed by atoms with Crippen molar-refractivity contribution in [1.29, 1.82) is 0 Å². The zero-order chi connectivity index (χ0) is 14.7. The molecule has 1 aromatic rings. The summed E-state index contributed by atoms with van der Waals surface area (Å²) >= 11 is 0. The molecule has 0 atom stereocenters. The number of rotatable bonds is 2. The molecular weight excluding hydrogens is 282 g/mol. The quantitative estimate of drug-likeness (QED) is 0.850. The standard InChI is InChI=1S/C9H6F6N2O2/c10-8(11,12)4-19-7(18)17-5-1-2-6(16-3-5)9(13,14)15/h1-3H,4H2,(H,17,18). The molecular formula is C9H6F6N2O2. The summed E-state index contributed by atoms with van der Waals surface area (Å²) in [4.78, 5) is 13.9. The first kappa shape index (κ1) is 15.1. The van der Waals surface area contributed by atoms with Crippen molar-refractivity contribution in [2.24, 2.45) is 0 Å². The molecule has 0 radical (unpaired) electrons. The van der Waals surface area contributed by atoms with Gasteiger partial charge < -0.3 is 4.74 Å². The first-order valence-electron chi connectivity index (χ1n) is 4.62. The van der Waals surface area contributed by atoms with Crippen molar-refractivity contribution < 1.29 is 35.9 Å². The smallest absolute Gasteiger partial charge is 0.433 e. The van der Waals surface area contributed by atoms with Crippen molar-refractivity contribution in [3.63, 3.8) is 0 Å². The number of hydrogen-bond donors (Lipinski definition) is 1. The van der Waals surface area contributed by atoms with E-state index < -0.39 is 30.7 Å². The van der Waals surface area contributed by atoms with Crippen LogP contribution in [0.15, 0.2) is 18.3 Å². The number of hydrogen-bond acceptors (Lipinski definition) is 3. The van der Waals surface area contributed by atoms with Gasteiger partial charge in [-0.1, -0.05) is 0 Å². The molecule has 4 nitrogen and oxygen atoms in total. The van der Waals surface area contributed by atoms with E-state index in [9.17, 15) is 31.1 Å². The van der Waals surface area contributed by atoms with Crippen LogP contribution in [-0.4, -0.2) is 23.9 Å². The Labute approximate surface area is 102 Å². The van der Waals surface area contributed by atoms with Crippen LogP contribution in [0, 0.1) is 0 Å². The molecule has 0 spiro atoms. The Kier molecular flexibility index (Phi) is 4.22. The average Bonchev–Trinajstić information content (AvgIpc) is 2.25. The van der Waals surface area contributed by atoms with Crippen molar-refractivity contribution >= 4 is 11.8 Å². The number of halogens is 6. The Morgan fingerprint density at radius 2 is 1.84 bits per heavy atom. The van der Waals surface area contributed by atoms with Gasteiger partial charge in [-0.2, -0.15) is 26.3 Å². The molecule has 1 aromatic heterocycles. The predicted molar refractivity (Wildman–Crippen MR) is 50.3 cm³/mol. The van der Waals surface area contributed by atoms with Crippen molar-refractivity contribution in [1.82, 2.24) is 4.98 Å². The number of pyridine rings is 1. The number of alkyl halides is 6. The highest BCUT2D eigenvalue weighted by Crippen LogP contribution is 2.27. The minimum Gasteiger partial charge on any atom is -0.440 e. The van der Waals surface area contributed by atoms with Crippen LogP contribution in [0.1, 0.15) is 5.69 Å². The van der Waals surface area contributed by atoms with Gasteiger partial charge >= 0.3 is 18.4 Å². The number of amides is 1. The average molecular weight is 288 g/mol. The fourth-order valence-corrected chi connectivity index (χ4v) is 0.937. The summed E-state index contributed by atoms with van der Waals surface area (Å²) < 4.78 is 75.3. The zero-order valence-corrected chi connectivity index (χ0v) is 8.97. The number of anilines is 1. The highest BCUT2D eigenvalue weighted by molar-refractivity contribution is 5.84. The van der Waals surface area contributed by atoms with Gasteiger partial charge in [0.1, 0.15) is 5.69 Å². The Balaban J connectivity index is 2.56. The van der Waals surface area contributed by atoms with Gasteiger partial charge in [0, 0.05) is 0 Å².